The van der Waals surface area contributed by atoms with Crippen molar-refractivity contribution in [3.63, 3.8) is 0 Å². The molecule has 0 radical (unpaired) electrons. The lowest BCUT2D eigenvalue weighted by atomic mass is 10.1. The van der Waals surface area contributed by atoms with Gasteiger partial charge in [-0.25, -0.2) is 4.98 Å². The maximum absolute atomic E-state index is 11.3. The molecular weight excluding hydrogens is 290 g/mol. The number of hydrogen-bond acceptors (Lipinski definition) is 4. The Hall–Kier alpha value is -2.88. The van der Waals surface area contributed by atoms with Crippen molar-refractivity contribution in [3.05, 3.63) is 59.9 Å². The zero-order valence-corrected chi connectivity index (χ0v) is 13.1. The topological polar surface area (TPSA) is 52.3 Å². The van der Waals surface area contributed by atoms with Crippen molar-refractivity contribution in [3.8, 4) is 28.5 Å². The number of carbonyl (C=O) groups is 1. The van der Waals surface area contributed by atoms with Gasteiger partial charge in [0.15, 0.2) is 6.29 Å². The van der Waals surface area contributed by atoms with Crippen LogP contribution in [0.5, 0.6) is 5.75 Å². The van der Waals surface area contributed by atoms with E-state index >= 15 is 0 Å². The van der Waals surface area contributed by atoms with Crippen LogP contribution in [0.1, 0.15) is 23.0 Å². The fourth-order valence-corrected chi connectivity index (χ4v) is 2.49. The highest BCUT2D eigenvalue weighted by atomic mass is 16.5. The van der Waals surface area contributed by atoms with Gasteiger partial charge in [-0.15, -0.1) is 0 Å². The molecule has 0 atom stereocenters. The van der Waals surface area contributed by atoms with Crippen molar-refractivity contribution >= 4 is 6.29 Å². The largest absolute Gasteiger partial charge is 0.492 e. The van der Waals surface area contributed by atoms with E-state index in [1.165, 1.54) is 0 Å². The molecular formula is C19H17NO3. The van der Waals surface area contributed by atoms with Crippen molar-refractivity contribution < 1.29 is 13.9 Å². The summed E-state index contributed by atoms with van der Waals surface area (Å²) in [4.78, 5) is 15.9. The Kier molecular flexibility index (Phi) is 4.24. The molecule has 2 aromatic carbocycles. The highest BCUT2D eigenvalue weighted by molar-refractivity contribution is 5.86. The minimum absolute atomic E-state index is 0.473. The molecule has 0 N–H and O–H groups in total. The summed E-state index contributed by atoms with van der Waals surface area (Å²) in [6.45, 7) is 4.22. The van der Waals surface area contributed by atoms with Crippen molar-refractivity contribution in [2.45, 2.75) is 13.8 Å². The molecule has 1 heterocycles. The summed E-state index contributed by atoms with van der Waals surface area (Å²) in [5.41, 5.74) is 2.87. The lowest BCUT2D eigenvalue weighted by molar-refractivity contribution is 0.112. The van der Waals surface area contributed by atoms with E-state index in [1.807, 2.05) is 56.3 Å². The molecule has 0 saturated carbocycles. The zero-order valence-electron chi connectivity index (χ0n) is 13.1. The number of para-hydroxylation sites is 1. The molecule has 0 amide bonds. The smallest absolute Gasteiger partial charge is 0.226 e. The van der Waals surface area contributed by atoms with Gasteiger partial charge >= 0.3 is 0 Å². The normalized spacial score (nSPS) is 10.5. The quantitative estimate of drug-likeness (QED) is 0.650. The van der Waals surface area contributed by atoms with Gasteiger partial charge in [-0.3, -0.25) is 4.79 Å². The predicted octanol–water partition coefficient (Wildman–Crippen LogP) is 4.53. The van der Waals surface area contributed by atoms with E-state index in [0.717, 1.165) is 17.4 Å². The molecule has 116 valence electrons. The van der Waals surface area contributed by atoms with Crippen LogP contribution < -0.4 is 4.74 Å². The number of aryl methyl sites for hydroxylation is 1. The minimum atomic E-state index is 0.473. The molecule has 0 unspecified atom stereocenters. The Morgan fingerprint density at radius 2 is 1.91 bits per heavy atom. The first-order valence-electron chi connectivity index (χ1n) is 7.48. The van der Waals surface area contributed by atoms with E-state index in [4.69, 9.17) is 9.15 Å². The van der Waals surface area contributed by atoms with Gasteiger partial charge in [0.1, 0.15) is 17.2 Å². The molecule has 0 spiro atoms. The van der Waals surface area contributed by atoms with Gasteiger partial charge < -0.3 is 9.15 Å². The van der Waals surface area contributed by atoms with Gasteiger partial charge in [0.2, 0.25) is 5.89 Å². The molecule has 0 aliphatic carbocycles. The second-order valence-corrected chi connectivity index (χ2v) is 5.06. The molecule has 1 aromatic heterocycles. The second kappa shape index (κ2) is 6.48. The van der Waals surface area contributed by atoms with E-state index in [0.29, 0.717) is 35.3 Å². The van der Waals surface area contributed by atoms with Crippen LogP contribution in [0.3, 0.4) is 0 Å². The fourth-order valence-electron chi connectivity index (χ4n) is 2.49. The van der Waals surface area contributed by atoms with Gasteiger partial charge in [-0.2, -0.15) is 0 Å². The van der Waals surface area contributed by atoms with Gasteiger partial charge in [0.05, 0.1) is 12.2 Å². The minimum Gasteiger partial charge on any atom is -0.492 e. The van der Waals surface area contributed by atoms with Crippen molar-refractivity contribution in [2.75, 3.05) is 6.61 Å². The molecule has 4 heteroatoms. The average molecular weight is 307 g/mol. The summed E-state index contributed by atoms with van der Waals surface area (Å²) < 4.78 is 11.5. The number of aldehydes is 1. The van der Waals surface area contributed by atoms with Crippen LogP contribution in [-0.4, -0.2) is 17.9 Å². The Labute approximate surface area is 134 Å². The van der Waals surface area contributed by atoms with Crippen molar-refractivity contribution in [1.29, 1.82) is 0 Å². The first-order chi connectivity index (χ1) is 11.2. The summed E-state index contributed by atoms with van der Waals surface area (Å²) in [6, 6.07) is 15.1. The molecule has 0 fully saturated rings. The molecule has 3 aromatic rings. The van der Waals surface area contributed by atoms with E-state index < -0.39 is 0 Å². The summed E-state index contributed by atoms with van der Waals surface area (Å²) in [6.07, 6.45) is 0.794. The Morgan fingerprint density at radius 3 is 2.61 bits per heavy atom. The predicted molar refractivity (Wildman–Crippen MR) is 88.7 cm³/mol. The van der Waals surface area contributed by atoms with Crippen molar-refractivity contribution in [1.82, 2.24) is 4.98 Å². The van der Waals surface area contributed by atoms with Crippen molar-refractivity contribution in [2.24, 2.45) is 0 Å². The van der Waals surface area contributed by atoms with E-state index in [2.05, 4.69) is 4.98 Å². The maximum atomic E-state index is 11.3. The summed E-state index contributed by atoms with van der Waals surface area (Å²) in [5.74, 6) is 1.78. The van der Waals surface area contributed by atoms with Gasteiger partial charge in [0, 0.05) is 11.1 Å². The first-order valence-corrected chi connectivity index (χ1v) is 7.48. The van der Waals surface area contributed by atoms with Crippen LogP contribution in [0.4, 0.5) is 0 Å². The number of hydrogen-bond donors (Lipinski definition) is 0. The van der Waals surface area contributed by atoms with Gasteiger partial charge in [-0.05, 0) is 38.1 Å². The molecule has 0 saturated heterocycles. The number of carbonyl (C=O) groups excluding carboxylic acids is 1. The standard InChI is InChI=1S/C19H17NO3/c1-3-22-18-15(12-21)10-7-11-16(18)17-13(2)23-19(20-17)14-8-5-4-6-9-14/h4-12H,3H2,1-2H3. The molecule has 0 bridgehead atoms. The molecule has 4 nitrogen and oxygen atoms in total. The number of benzene rings is 2. The van der Waals surface area contributed by atoms with Crippen LogP contribution in [0.25, 0.3) is 22.7 Å². The number of ether oxygens (including phenoxy) is 1. The fraction of sp³-hybridized carbons (Fsp3) is 0.158. The SMILES string of the molecule is CCOc1c(C=O)cccc1-c1nc(-c2ccccc2)oc1C. The van der Waals surface area contributed by atoms with Crippen LogP contribution >= 0.6 is 0 Å². The molecule has 3 rings (SSSR count). The Morgan fingerprint density at radius 1 is 1.13 bits per heavy atom. The second-order valence-electron chi connectivity index (χ2n) is 5.06. The number of rotatable bonds is 5. The molecule has 0 aliphatic rings. The summed E-state index contributed by atoms with van der Waals surface area (Å²) in [7, 11) is 0. The summed E-state index contributed by atoms with van der Waals surface area (Å²) in [5, 5.41) is 0. The Bertz CT molecular complexity index is 822. The third-order valence-electron chi connectivity index (χ3n) is 3.53. The van der Waals surface area contributed by atoms with Crippen LogP contribution in [0, 0.1) is 6.92 Å². The van der Waals surface area contributed by atoms with Crippen LogP contribution in [0.15, 0.2) is 52.9 Å². The number of oxazole rings is 1. The monoisotopic (exact) mass is 307 g/mol. The Balaban J connectivity index is 2.13. The first kappa shape index (κ1) is 15.0. The lowest BCUT2D eigenvalue weighted by Gasteiger charge is -2.10. The van der Waals surface area contributed by atoms with Gasteiger partial charge in [-0.1, -0.05) is 24.3 Å². The highest BCUT2D eigenvalue weighted by Gasteiger charge is 2.18. The van der Waals surface area contributed by atoms with Crippen LogP contribution in [0.2, 0.25) is 0 Å². The highest BCUT2D eigenvalue weighted by Crippen LogP contribution is 2.36. The number of nitrogens with zero attached hydrogens (tertiary/aromatic N) is 1. The molecule has 0 aliphatic heterocycles. The van der Waals surface area contributed by atoms with Crippen LogP contribution in [-0.2, 0) is 0 Å². The van der Waals surface area contributed by atoms with E-state index in [-0.39, 0.29) is 0 Å². The maximum Gasteiger partial charge on any atom is 0.226 e. The molecule has 23 heavy (non-hydrogen) atoms. The average Bonchev–Trinajstić information content (AvgIpc) is 2.98. The third-order valence-corrected chi connectivity index (χ3v) is 3.53. The van der Waals surface area contributed by atoms with E-state index in [1.54, 1.807) is 6.07 Å². The number of aromatic nitrogens is 1. The van der Waals surface area contributed by atoms with E-state index in [9.17, 15) is 4.79 Å². The third kappa shape index (κ3) is 2.88. The van der Waals surface area contributed by atoms with Gasteiger partial charge in [0.25, 0.3) is 0 Å². The lowest BCUT2D eigenvalue weighted by Crippen LogP contribution is -1.99. The zero-order chi connectivity index (χ0) is 16.2. The summed E-state index contributed by atoms with van der Waals surface area (Å²) >= 11 is 0.